The highest BCUT2D eigenvalue weighted by atomic mass is 79.9. The van der Waals surface area contributed by atoms with Crippen molar-refractivity contribution >= 4 is 45.0 Å². The molecule has 0 aliphatic carbocycles. The van der Waals surface area contributed by atoms with E-state index in [1.165, 1.54) is 0 Å². The summed E-state index contributed by atoms with van der Waals surface area (Å²) in [5, 5.41) is 5.56. The van der Waals surface area contributed by atoms with Crippen molar-refractivity contribution in [3.05, 3.63) is 27.2 Å². The molecule has 0 aliphatic rings. The van der Waals surface area contributed by atoms with Crippen LogP contribution in [-0.2, 0) is 9.59 Å². The highest BCUT2D eigenvalue weighted by Gasteiger charge is 2.09. The third-order valence-corrected chi connectivity index (χ3v) is 3.22. The minimum Gasteiger partial charge on any atom is -0.346 e. The lowest BCUT2D eigenvalue weighted by Crippen LogP contribution is -2.36. The van der Waals surface area contributed by atoms with Crippen LogP contribution < -0.4 is 16.4 Å². The van der Waals surface area contributed by atoms with Gasteiger partial charge in [0.15, 0.2) is 0 Å². The molecule has 0 unspecified atom stereocenters. The van der Waals surface area contributed by atoms with Crippen molar-refractivity contribution in [3.63, 3.8) is 0 Å². The van der Waals surface area contributed by atoms with Crippen LogP contribution in [0.15, 0.2) is 16.6 Å². The number of aryl methyl sites for hydroxylation is 1. The molecule has 0 radical (unpaired) electrons. The van der Waals surface area contributed by atoms with E-state index in [1.54, 1.807) is 12.1 Å². The summed E-state index contributed by atoms with van der Waals surface area (Å²) in [6, 6.07) is 3.44. The molecule has 4 N–H and O–H groups in total. The molecule has 1 rings (SSSR count). The van der Waals surface area contributed by atoms with Crippen LogP contribution in [-0.4, -0.2) is 24.9 Å². The van der Waals surface area contributed by atoms with Gasteiger partial charge in [-0.05, 0) is 40.5 Å². The van der Waals surface area contributed by atoms with Crippen molar-refractivity contribution in [3.8, 4) is 0 Å². The number of rotatable bonds is 4. The average molecular weight is 335 g/mol. The minimum absolute atomic E-state index is 0.131. The lowest BCUT2D eigenvalue weighted by atomic mass is 10.2. The summed E-state index contributed by atoms with van der Waals surface area (Å²) in [5.41, 5.74) is 6.56. The van der Waals surface area contributed by atoms with Crippen LogP contribution in [0.4, 0.5) is 5.69 Å². The van der Waals surface area contributed by atoms with Gasteiger partial charge in [0.25, 0.3) is 0 Å². The monoisotopic (exact) mass is 333 g/mol. The zero-order valence-corrected chi connectivity index (χ0v) is 12.1. The third kappa shape index (κ3) is 4.29. The first-order valence-corrected chi connectivity index (χ1v) is 6.33. The first-order chi connectivity index (χ1) is 8.43. The van der Waals surface area contributed by atoms with E-state index in [2.05, 4.69) is 26.6 Å². The van der Waals surface area contributed by atoms with Gasteiger partial charge in [-0.15, -0.1) is 0 Å². The molecule has 0 fully saturated rings. The number of nitrogens with one attached hydrogen (secondary N) is 2. The summed E-state index contributed by atoms with van der Waals surface area (Å²) in [5.74, 6) is -0.733. The molecule has 2 amide bonds. The number of hydrogen-bond donors (Lipinski definition) is 3. The Balaban J connectivity index is 2.65. The molecule has 0 aromatic heterocycles. The number of benzene rings is 1. The van der Waals surface area contributed by atoms with Crippen molar-refractivity contribution in [2.24, 2.45) is 5.73 Å². The van der Waals surface area contributed by atoms with Gasteiger partial charge in [-0.2, -0.15) is 0 Å². The van der Waals surface area contributed by atoms with Crippen molar-refractivity contribution < 1.29 is 9.59 Å². The Morgan fingerprint density at radius 1 is 1.39 bits per heavy atom. The van der Waals surface area contributed by atoms with E-state index in [0.29, 0.717) is 10.7 Å². The van der Waals surface area contributed by atoms with Crippen LogP contribution in [0.5, 0.6) is 0 Å². The van der Waals surface area contributed by atoms with E-state index in [9.17, 15) is 9.59 Å². The van der Waals surface area contributed by atoms with E-state index in [-0.39, 0.29) is 24.9 Å². The van der Waals surface area contributed by atoms with Gasteiger partial charge in [0.1, 0.15) is 0 Å². The number of hydrogen-bond acceptors (Lipinski definition) is 3. The summed E-state index contributed by atoms with van der Waals surface area (Å²) in [4.78, 5) is 22.4. The molecule has 0 heterocycles. The highest BCUT2D eigenvalue weighted by molar-refractivity contribution is 9.10. The predicted molar refractivity (Wildman–Crippen MR) is 74.6 cm³/mol. The summed E-state index contributed by atoms with van der Waals surface area (Å²) in [7, 11) is 0. The Morgan fingerprint density at radius 2 is 2.06 bits per heavy atom. The van der Waals surface area contributed by atoms with Gasteiger partial charge < -0.3 is 16.4 Å². The summed E-state index contributed by atoms with van der Waals surface area (Å²) >= 11 is 9.28. The summed E-state index contributed by atoms with van der Waals surface area (Å²) in [6.45, 7) is 1.58. The first-order valence-electron chi connectivity index (χ1n) is 5.16. The zero-order valence-electron chi connectivity index (χ0n) is 9.72. The molecule has 0 spiro atoms. The van der Waals surface area contributed by atoms with Crippen LogP contribution in [0.1, 0.15) is 5.56 Å². The standard InChI is InChI=1S/C11H13BrClN3O2/c1-6-2-7(12)9(3-8(6)13)16-11(18)5-15-10(17)4-14/h2-3H,4-5,14H2,1H3,(H,15,17)(H,16,18). The molecule has 0 atom stereocenters. The van der Waals surface area contributed by atoms with Crippen molar-refractivity contribution in [2.75, 3.05) is 18.4 Å². The van der Waals surface area contributed by atoms with Gasteiger partial charge in [-0.1, -0.05) is 11.6 Å². The lowest BCUT2D eigenvalue weighted by Gasteiger charge is -2.10. The van der Waals surface area contributed by atoms with Crippen LogP contribution in [0.3, 0.4) is 0 Å². The number of nitrogens with two attached hydrogens (primary N) is 1. The Kier molecular flexibility index (Phi) is 5.58. The highest BCUT2D eigenvalue weighted by Crippen LogP contribution is 2.28. The van der Waals surface area contributed by atoms with Gasteiger partial charge in [0.2, 0.25) is 11.8 Å². The van der Waals surface area contributed by atoms with Gasteiger partial charge in [-0.3, -0.25) is 9.59 Å². The molecule has 0 aliphatic heterocycles. The molecule has 0 saturated heterocycles. The van der Waals surface area contributed by atoms with Crippen molar-refractivity contribution in [1.82, 2.24) is 5.32 Å². The second kappa shape index (κ2) is 6.72. The predicted octanol–water partition coefficient (Wildman–Crippen LogP) is 1.42. The Bertz CT molecular complexity index is 480. The minimum atomic E-state index is -0.383. The number of carbonyl (C=O) groups excluding carboxylic acids is 2. The van der Waals surface area contributed by atoms with Crippen LogP contribution >= 0.6 is 27.5 Å². The second-order valence-corrected chi connectivity index (χ2v) is 4.87. The summed E-state index contributed by atoms with van der Waals surface area (Å²) in [6.07, 6.45) is 0. The van der Waals surface area contributed by atoms with E-state index in [0.717, 1.165) is 10.0 Å². The fraction of sp³-hybridized carbons (Fsp3) is 0.273. The van der Waals surface area contributed by atoms with Gasteiger partial charge >= 0.3 is 0 Å². The average Bonchev–Trinajstić information content (AvgIpc) is 2.33. The number of amides is 2. The maximum atomic E-state index is 11.6. The normalized spacial score (nSPS) is 10.0. The number of anilines is 1. The molecule has 7 heteroatoms. The number of carbonyl (C=O) groups is 2. The van der Waals surface area contributed by atoms with Gasteiger partial charge in [0.05, 0.1) is 18.8 Å². The largest absolute Gasteiger partial charge is 0.346 e. The molecule has 1 aromatic rings. The molecule has 0 bridgehead atoms. The zero-order chi connectivity index (χ0) is 13.7. The fourth-order valence-electron chi connectivity index (χ4n) is 1.19. The van der Waals surface area contributed by atoms with Crippen LogP contribution in [0, 0.1) is 6.92 Å². The molecular weight excluding hydrogens is 321 g/mol. The van der Waals surface area contributed by atoms with E-state index in [1.807, 2.05) is 6.92 Å². The van der Waals surface area contributed by atoms with Gasteiger partial charge in [-0.25, -0.2) is 0 Å². The SMILES string of the molecule is Cc1cc(Br)c(NC(=O)CNC(=O)CN)cc1Cl. The van der Waals surface area contributed by atoms with Crippen molar-refractivity contribution in [2.45, 2.75) is 6.92 Å². The molecule has 98 valence electrons. The molecule has 1 aromatic carbocycles. The fourth-order valence-corrected chi connectivity index (χ4v) is 1.91. The maximum absolute atomic E-state index is 11.6. The lowest BCUT2D eigenvalue weighted by molar-refractivity contribution is -0.123. The Labute approximate surface area is 118 Å². The topological polar surface area (TPSA) is 84.2 Å². The van der Waals surface area contributed by atoms with E-state index < -0.39 is 0 Å². The maximum Gasteiger partial charge on any atom is 0.243 e. The van der Waals surface area contributed by atoms with E-state index in [4.69, 9.17) is 17.3 Å². The Hall–Kier alpha value is -1.11. The van der Waals surface area contributed by atoms with E-state index >= 15 is 0 Å². The van der Waals surface area contributed by atoms with Crippen LogP contribution in [0.25, 0.3) is 0 Å². The molecule has 18 heavy (non-hydrogen) atoms. The molecule has 5 nitrogen and oxygen atoms in total. The molecule has 0 saturated carbocycles. The third-order valence-electron chi connectivity index (χ3n) is 2.15. The first kappa shape index (κ1) is 14.9. The second-order valence-electron chi connectivity index (χ2n) is 3.61. The number of halogens is 2. The smallest absolute Gasteiger partial charge is 0.243 e. The van der Waals surface area contributed by atoms with Gasteiger partial charge in [0, 0.05) is 9.50 Å². The Morgan fingerprint density at radius 3 is 2.67 bits per heavy atom. The molecular formula is C11H13BrClN3O2. The van der Waals surface area contributed by atoms with Crippen LogP contribution in [0.2, 0.25) is 5.02 Å². The summed E-state index contributed by atoms with van der Waals surface area (Å²) < 4.78 is 0.725. The quantitative estimate of drug-likeness (QED) is 0.778. The van der Waals surface area contributed by atoms with Crippen molar-refractivity contribution in [1.29, 1.82) is 0 Å².